The van der Waals surface area contributed by atoms with Crippen molar-refractivity contribution in [3.8, 4) is 23.2 Å². The highest BCUT2D eigenvalue weighted by Crippen LogP contribution is 2.28. The molecule has 3 aromatic carbocycles. The summed E-state index contributed by atoms with van der Waals surface area (Å²) >= 11 is 0. The van der Waals surface area contributed by atoms with Crippen molar-refractivity contribution < 1.29 is 9.26 Å². The summed E-state index contributed by atoms with van der Waals surface area (Å²) in [5, 5.41) is 15.3. The summed E-state index contributed by atoms with van der Waals surface area (Å²) in [5.41, 5.74) is 2.61. The molecule has 5 heteroatoms. The first-order chi connectivity index (χ1) is 15.2. The Labute approximate surface area is 182 Å². The van der Waals surface area contributed by atoms with Gasteiger partial charge in [-0.1, -0.05) is 62.2 Å². The van der Waals surface area contributed by atoms with Gasteiger partial charge in [0.05, 0.1) is 11.6 Å². The first-order valence-electron chi connectivity index (χ1n) is 10.7. The molecule has 4 rings (SSSR count). The number of ether oxygens (including phenoxy) is 1. The van der Waals surface area contributed by atoms with E-state index >= 15 is 0 Å². The number of benzene rings is 3. The Bertz CT molecular complexity index is 1210. The van der Waals surface area contributed by atoms with Gasteiger partial charge in [0.15, 0.2) is 0 Å². The second kappa shape index (κ2) is 9.44. The van der Waals surface area contributed by atoms with E-state index in [1.807, 2.05) is 36.4 Å². The SMILES string of the molecule is CCCC[C@H](C)c1nc(-c2ccc3cc(OCc4ccc(C#N)cc4)ccc3c2)no1. The lowest BCUT2D eigenvalue weighted by molar-refractivity contribution is 0.306. The minimum Gasteiger partial charge on any atom is -0.489 e. The molecule has 1 heterocycles. The van der Waals surface area contributed by atoms with Crippen LogP contribution >= 0.6 is 0 Å². The summed E-state index contributed by atoms with van der Waals surface area (Å²) in [5.74, 6) is 2.41. The average Bonchev–Trinajstić information content (AvgIpc) is 3.31. The topological polar surface area (TPSA) is 71.9 Å². The van der Waals surface area contributed by atoms with Gasteiger partial charge in [0.25, 0.3) is 0 Å². The molecule has 31 heavy (non-hydrogen) atoms. The van der Waals surface area contributed by atoms with E-state index in [1.165, 1.54) is 0 Å². The van der Waals surface area contributed by atoms with Crippen molar-refractivity contribution in [2.24, 2.45) is 0 Å². The van der Waals surface area contributed by atoms with Gasteiger partial charge in [-0.15, -0.1) is 0 Å². The number of fused-ring (bicyclic) bond motifs is 1. The van der Waals surface area contributed by atoms with E-state index in [4.69, 9.17) is 14.5 Å². The Morgan fingerprint density at radius 3 is 2.58 bits per heavy atom. The zero-order valence-corrected chi connectivity index (χ0v) is 17.8. The number of nitrogens with zero attached hydrogens (tertiary/aromatic N) is 3. The molecule has 0 N–H and O–H groups in total. The van der Waals surface area contributed by atoms with Gasteiger partial charge in [0.1, 0.15) is 12.4 Å². The summed E-state index contributed by atoms with van der Waals surface area (Å²) in [4.78, 5) is 4.61. The van der Waals surface area contributed by atoms with E-state index in [0.29, 0.717) is 23.9 Å². The summed E-state index contributed by atoms with van der Waals surface area (Å²) in [6.07, 6.45) is 3.38. The van der Waals surface area contributed by atoms with Crippen molar-refractivity contribution in [1.82, 2.24) is 10.1 Å². The summed E-state index contributed by atoms with van der Waals surface area (Å²) < 4.78 is 11.4. The van der Waals surface area contributed by atoms with E-state index in [-0.39, 0.29) is 5.92 Å². The number of rotatable bonds is 8. The summed E-state index contributed by atoms with van der Waals surface area (Å²) in [6, 6.07) is 21.7. The van der Waals surface area contributed by atoms with Gasteiger partial charge in [0.2, 0.25) is 11.7 Å². The second-order valence-corrected chi connectivity index (χ2v) is 7.82. The van der Waals surface area contributed by atoms with Crippen LogP contribution in [0.2, 0.25) is 0 Å². The van der Waals surface area contributed by atoms with Crippen LogP contribution in [-0.2, 0) is 6.61 Å². The summed E-state index contributed by atoms with van der Waals surface area (Å²) in [7, 11) is 0. The number of hydrogen-bond acceptors (Lipinski definition) is 5. The van der Waals surface area contributed by atoms with Gasteiger partial charge in [-0.05, 0) is 53.1 Å². The molecule has 0 saturated carbocycles. The van der Waals surface area contributed by atoms with Crippen molar-refractivity contribution >= 4 is 10.8 Å². The molecule has 0 saturated heterocycles. The number of nitriles is 1. The molecule has 0 aliphatic heterocycles. The number of unbranched alkanes of at least 4 members (excludes halogenated alkanes) is 1. The van der Waals surface area contributed by atoms with Crippen molar-refractivity contribution in [1.29, 1.82) is 5.26 Å². The highest BCUT2D eigenvalue weighted by atomic mass is 16.5. The van der Waals surface area contributed by atoms with Gasteiger partial charge in [0, 0.05) is 11.5 Å². The van der Waals surface area contributed by atoms with Crippen LogP contribution < -0.4 is 4.74 Å². The van der Waals surface area contributed by atoms with Crippen molar-refractivity contribution in [2.45, 2.75) is 45.6 Å². The predicted octanol–water partition coefficient (Wildman–Crippen LogP) is 6.63. The maximum atomic E-state index is 8.89. The molecule has 0 fully saturated rings. The lowest BCUT2D eigenvalue weighted by Gasteiger charge is -2.08. The standard InChI is InChI=1S/C26H25N3O2/c1-3-4-5-18(2)26-28-25(29-31-26)23-11-10-22-15-24(13-12-21(22)14-23)30-17-20-8-6-19(16-27)7-9-20/h6-15,18H,3-5,17H2,1-2H3/t18-/m0/s1. The van der Waals surface area contributed by atoms with Gasteiger partial charge in [-0.25, -0.2) is 0 Å². The maximum Gasteiger partial charge on any atom is 0.229 e. The second-order valence-electron chi connectivity index (χ2n) is 7.82. The van der Waals surface area contributed by atoms with E-state index < -0.39 is 0 Å². The van der Waals surface area contributed by atoms with E-state index in [2.05, 4.69) is 42.2 Å². The molecular weight excluding hydrogens is 386 g/mol. The largest absolute Gasteiger partial charge is 0.489 e. The van der Waals surface area contributed by atoms with Crippen LogP contribution in [0.15, 0.2) is 65.2 Å². The molecule has 0 bridgehead atoms. The lowest BCUT2D eigenvalue weighted by Crippen LogP contribution is -1.95. The Morgan fingerprint density at radius 2 is 1.81 bits per heavy atom. The third kappa shape index (κ3) is 4.92. The molecule has 0 amide bonds. The highest BCUT2D eigenvalue weighted by molar-refractivity contribution is 5.87. The first kappa shape index (κ1) is 20.6. The third-order valence-electron chi connectivity index (χ3n) is 5.41. The molecule has 1 atom stereocenters. The number of aromatic nitrogens is 2. The zero-order chi connectivity index (χ0) is 21.6. The van der Waals surface area contributed by atoms with Crippen LogP contribution in [0.4, 0.5) is 0 Å². The molecule has 0 spiro atoms. The van der Waals surface area contributed by atoms with Gasteiger partial charge < -0.3 is 9.26 Å². The third-order valence-corrected chi connectivity index (χ3v) is 5.41. The zero-order valence-electron chi connectivity index (χ0n) is 17.8. The minimum absolute atomic E-state index is 0.275. The van der Waals surface area contributed by atoms with Crippen LogP contribution in [0.3, 0.4) is 0 Å². The molecule has 5 nitrogen and oxygen atoms in total. The van der Waals surface area contributed by atoms with E-state index in [0.717, 1.165) is 46.9 Å². The minimum atomic E-state index is 0.275. The van der Waals surface area contributed by atoms with Crippen LogP contribution in [0.5, 0.6) is 5.75 Å². The number of hydrogen-bond donors (Lipinski definition) is 0. The lowest BCUT2D eigenvalue weighted by atomic mass is 10.0. The molecule has 0 radical (unpaired) electrons. The molecule has 1 aromatic heterocycles. The average molecular weight is 412 g/mol. The van der Waals surface area contributed by atoms with Crippen molar-refractivity contribution in [3.05, 3.63) is 77.7 Å². The van der Waals surface area contributed by atoms with Crippen LogP contribution in [-0.4, -0.2) is 10.1 Å². The monoisotopic (exact) mass is 411 g/mol. The van der Waals surface area contributed by atoms with Crippen LogP contribution in [0.1, 0.15) is 56.0 Å². The fourth-order valence-electron chi connectivity index (χ4n) is 3.48. The molecular formula is C26H25N3O2. The van der Waals surface area contributed by atoms with E-state index in [1.54, 1.807) is 12.1 Å². The Kier molecular flexibility index (Phi) is 6.28. The van der Waals surface area contributed by atoms with Crippen LogP contribution in [0.25, 0.3) is 22.2 Å². The molecule has 0 aliphatic rings. The quantitative estimate of drug-likeness (QED) is 0.325. The van der Waals surface area contributed by atoms with Gasteiger partial charge in [-0.3, -0.25) is 0 Å². The fraction of sp³-hybridized carbons (Fsp3) is 0.269. The smallest absolute Gasteiger partial charge is 0.229 e. The fourth-order valence-corrected chi connectivity index (χ4v) is 3.48. The first-order valence-corrected chi connectivity index (χ1v) is 10.7. The molecule has 156 valence electrons. The Morgan fingerprint density at radius 1 is 1.03 bits per heavy atom. The highest BCUT2D eigenvalue weighted by Gasteiger charge is 2.15. The van der Waals surface area contributed by atoms with Crippen molar-refractivity contribution in [3.63, 3.8) is 0 Å². The molecule has 0 aliphatic carbocycles. The molecule has 4 aromatic rings. The predicted molar refractivity (Wildman–Crippen MR) is 121 cm³/mol. The normalized spacial score (nSPS) is 11.9. The maximum absolute atomic E-state index is 8.89. The van der Waals surface area contributed by atoms with E-state index in [9.17, 15) is 0 Å². The van der Waals surface area contributed by atoms with Crippen LogP contribution in [0, 0.1) is 11.3 Å². The van der Waals surface area contributed by atoms with Gasteiger partial charge >= 0.3 is 0 Å². The Hall–Kier alpha value is -3.65. The summed E-state index contributed by atoms with van der Waals surface area (Å²) in [6.45, 7) is 4.77. The van der Waals surface area contributed by atoms with Crippen molar-refractivity contribution in [2.75, 3.05) is 0 Å². The molecule has 0 unspecified atom stereocenters. The Balaban J connectivity index is 1.46. The van der Waals surface area contributed by atoms with Gasteiger partial charge in [-0.2, -0.15) is 10.2 Å².